The van der Waals surface area contributed by atoms with Crippen molar-refractivity contribution in [3.63, 3.8) is 0 Å². The Labute approximate surface area is 149 Å². The van der Waals surface area contributed by atoms with Gasteiger partial charge in [-0.15, -0.1) is 0 Å². The summed E-state index contributed by atoms with van der Waals surface area (Å²) in [7, 11) is 7.52. The van der Waals surface area contributed by atoms with Crippen molar-refractivity contribution >= 4 is 17.1 Å². The van der Waals surface area contributed by atoms with Crippen molar-refractivity contribution in [2.24, 2.45) is 5.92 Å². The number of carbonyl (C=O) groups is 1. The Hall–Kier alpha value is -2.28. The van der Waals surface area contributed by atoms with Gasteiger partial charge in [0.15, 0.2) is 0 Å². The highest BCUT2D eigenvalue weighted by Gasteiger charge is 2.12. The first-order valence-electron chi connectivity index (χ1n) is 8.55. The maximum absolute atomic E-state index is 12.2. The number of hydrogen-bond acceptors (Lipinski definition) is 4. The number of nitrogens with zero attached hydrogens (tertiary/aromatic N) is 3. The van der Waals surface area contributed by atoms with Crippen molar-refractivity contribution < 1.29 is 9.53 Å². The quantitative estimate of drug-likeness (QED) is 0.765. The van der Waals surface area contributed by atoms with Crippen LogP contribution in [0.5, 0.6) is 5.75 Å². The maximum Gasteiger partial charge on any atom is 0.317 e. The molecule has 2 rings (SSSR count). The van der Waals surface area contributed by atoms with E-state index in [0.717, 1.165) is 29.2 Å². The lowest BCUT2D eigenvalue weighted by atomic mass is 10.2. The van der Waals surface area contributed by atoms with Crippen molar-refractivity contribution in [2.75, 3.05) is 47.9 Å². The van der Waals surface area contributed by atoms with Gasteiger partial charge in [-0.3, -0.25) is 0 Å². The molecule has 0 spiro atoms. The van der Waals surface area contributed by atoms with Crippen LogP contribution >= 0.6 is 0 Å². The molecule has 0 aliphatic carbocycles. The molecule has 0 bridgehead atoms. The second-order valence-electron chi connectivity index (χ2n) is 6.79. The number of aromatic nitrogens is 2. The van der Waals surface area contributed by atoms with Crippen LogP contribution in [0.25, 0.3) is 11.0 Å². The first-order valence-corrected chi connectivity index (χ1v) is 8.55. The Bertz CT molecular complexity index is 698. The third-order valence-corrected chi connectivity index (χ3v) is 4.05. The van der Waals surface area contributed by atoms with E-state index >= 15 is 0 Å². The Kier molecular flexibility index (Phi) is 6.64. The molecule has 1 heterocycles. The summed E-state index contributed by atoms with van der Waals surface area (Å²) in [5, 5.41) is 2.98. The molecule has 0 saturated carbocycles. The summed E-state index contributed by atoms with van der Waals surface area (Å²) < 4.78 is 5.22. The molecular formula is C18H29N5O2. The molecule has 2 aromatic rings. The van der Waals surface area contributed by atoms with Gasteiger partial charge in [-0.05, 0) is 32.1 Å². The second kappa shape index (κ2) is 8.71. The van der Waals surface area contributed by atoms with E-state index < -0.39 is 0 Å². The Morgan fingerprint density at radius 3 is 2.80 bits per heavy atom. The van der Waals surface area contributed by atoms with Crippen LogP contribution < -0.4 is 10.1 Å². The number of ether oxygens (including phenoxy) is 1. The molecule has 0 aliphatic rings. The lowest BCUT2D eigenvalue weighted by Crippen LogP contribution is -2.41. The molecule has 7 heteroatoms. The zero-order valence-corrected chi connectivity index (χ0v) is 15.8. The van der Waals surface area contributed by atoms with E-state index in [9.17, 15) is 4.79 Å². The third-order valence-electron chi connectivity index (χ3n) is 4.05. The molecule has 0 saturated heterocycles. The predicted octanol–water partition coefficient (Wildman–Crippen LogP) is 1.95. The summed E-state index contributed by atoms with van der Waals surface area (Å²) in [6.45, 7) is 4.35. The molecule has 0 radical (unpaired) electrons. The van der Waals surface area contributed by atoms with Gasteiger partial charge in [-0.1, -0.05) is 6.92 Å². The van der Waals surface area contributed by atoms with E-state index in [1.807, 2.05) is 32.3 Å². The lowest BCUT2D eigenvalue weighted by Gasteiger charge is -2.21. The number of aromatic amines is 1. The van der Waals surface area contributed by atoms with Crippen LogP contribution in [0.4, 0.5) is 4.79 Å². The zero-order valence-electron chi connectivity index (χ0n) is 15.8. The first-order chi connectivity index (χ1) is 11.9. The van der Waals surface area contributed by atoms with Gasteiger partial charge in [0.1, 0.15) is 11.6 Å². The molecule has 0 fully saturated rings. The predicted molar refractivity (Wildman–Crippen MR) is 100 cm³/mol. The third kappa shape index (κ3) is 5.63. The summed E-state index contributed by atoms with van der Waals surface area (Å²) in [5.74, 6) is 2.08. The number of imidazole rings is 1. The number of rotatable bonds is 8. The van der Waals surface area contributed by atoms with Crippen molar-refractivity contribution in [3.8, 4) is 5.75 Å². The maximum atomic E-state index is 12.2. The number of amides is 2. The number of carbonyl (C=O) groups excluding carboxylic acids is 1. The first kappa shape index (κ1) is 19.1. The fourth-order valence-corrected chi connectivity index (χ4v) is 2.75. The van der Waals surface area contributed by atoms with Gasteiger partial charge in [0.25, 0.3) is 0 Å². The molecule has 138 valence electrons. The van der Waals surface area contributed by atoms with Crippen LogP contribution in [0, 0.1) is 5.92 Å². The number of fused-ring (bicyclic) bond motifs is 1. The zero-order chi connectivity index (χ0) is 18.4. The van der Waals surface area contributed by atoms with Crippen molar-refractivity contribution in [2.45, 2.75) is 13.3 Å². The minimum absolute atomic E-state index is 0.0524. The Balaban J connectivity index is 1.82. The fourth-order valence-electron chi connectivity index (χ4n) is 2.75. The molecule has 7 nitrogen and oxygen atoms in total. The highest BCUT2D eigenvalue weighted by Crippen LogP contribution is 2.18. The van der Waals surface area contributed by atoms with E-state index in [2.05, 4.69) is 27.1 Å². The van der Waals surface area contributed by atoms with Gasteiger partial charge >= 0.3 is 6.03 Å². The average Bonchev–Trinajstić information content (AvgIpc) is 2.98. The number of likely N-dealkylation sites (N-methyl/N-ethyl adjacent to an activating group) is 1. The summed E-state index contributed by atoms with van der Waals surface area (Å²) in [5.41, 5.74) is 1.85. The van der Waals surface area contributed by atoms with Crippen LogP contribution in [0.1, 0.15) is 12.7 Å². The standard InChI is InChI=1S/C18H29N5O2/c1-13(12-22(2)3)11-19-18(24)23(4)9-8-17-20-15-7-6-14(25-5)10-16(15)21-17/h6-7,10,13H,8-9,11-12H2,1-5H3,(H,19,24)(H,20,21)/t13-/m0/s1. The van der Waals surface area contributed by atoms with Gasteiger partial charge in [0.05, 0.1) is 18.1 Å². The number of benzene rings is 1. The van der Waals surface area contributed by atoms with Crippen molar-refractivity contribution in [3.05, 3.63) is 24.0 Å². The van der Waals surface area contributed by atoms with Gasteiger partial charge in [0, 0.05) is 39.2 Å². The lowest BCUT2D eigenvalue weighted by molar-refractivity contribution is 0.206. The van der Waals surface area contributed by atoms with E-state index in [1.54, 1.807) is 19.1 Å². The molecule has 0 aliphatic heterocycles. The van der Waals surface area contributed by atoms with Crippen molar-refractivity contribution in [1.82, 2.24) is 25.1 Å². The van der Waals surface area contributed by atoms with Crippen LogP contribution in [0.3, 0.4) is 0 Å². The molecule has 2 N–H and O–H groups in total. The smallest absolute Gasteiger partial charge is 0.317 e. The molecular weight excluding hydrogens is 318 g/mol. The summed E-state index contributed by atoms with van der Waals surface area (Å²) in [4.78, 5) is 23.8. The SMILES string of the molecule is COc1ccc2nc(CCN(C)C(=O)NC[C@H](C)CN(C)C)[nH]c2c1. The largest absolute Gasteiger partial charge is 0.497 e. The minimum atomic E-state index is -0.0524. The number of nitrogens with one attached hydrogen (secondary N) is 2. The minimum Gasteiger partial charge on any atom is -0.497 e. The van der Waals surface area contributed by atoms with E-state index in [1.165, 1.54) is 0 Å². The summed E-state index contributed by atoms with van der Waals surface area (Å²) in [6, 6.07) is 5.69. The highest BCUT2D eigenvalue weighted by atomic mass is 16.5. The van der Waals surface area contributed by atoms with E-state index in [-0.39, 0.29) is 6.03 Å². The normalized spacial score (nSPS) is 12.4. The Morgan fingerprint density at radius 1 is 1.36 bits per heavy atom. The monoisotopic (exact) mass is 347 g/mol. The van der Waals surface area contributed by atoms with Gasteiger partial charge in [-0.2, -0.15) is 0 Å². The average molecular weight is 347 g/mol. The fraction of sp³-hybridized carbons (Fsp3) is 0.556. The van der Waals surface area contributed by atoms with E-state index in [0.29, 0.717) is 25.4 Å². The van der Waals surface area contributed by atoms with Gasteiger partial charge in [0.2, 0.25) is 0 Å². The van der Waals surface area contributed by atoms with Crippen LogP contribution in [0.2, 0.25) is 0 Å². The number of hydrogen-bond donors (Lipinski definition) is 2. The Morgan fingerprint density at radius 2 is 2.12 bits per heavy atom. The molecule has 25 heavy (non-hydrogen) atoms. The van der Waals surface area contributed by atoms with Gasteiger partial charge in [-0.25, -0.2) is 9.78 Å². The highest BCUT2D eigenvalue weighted by molar-refractivity contribution is 5.77. The number of urea groups is 1. The topological polar surface area (TPSA) is 73.5 Å². The number of methoxy groups -OCH3 is 1. The second-order valence-corrected chi connectivity index (χ2v) is 6.79. The molecule has 2 amide bonds. The van der Waals surface area contributed by atoms with Gasteiger partial charge < -0.3 is 24.8 Å². The number of H-pyrrole nitrogens is 1. The van der Waals surface area contributed by atoms with Crippen LogP contribution in [-0.2, 0) is 6.42 Å². The van der Waals surface area contributed by atoms with E-state index in [4.69, 9.17) is 4.74 Å². The molecule has 1 atom stereocenters. The van der Waals surface area contributed by atoms with Crippen LogP contribution in [0.15, 0.2) is 18.2 Å². The molecule has 0 unspecified atom stereocenters. The van der Waals surface area contributed by atoms with Crippen LogP contribution in [-0.4, -0.2) is 73.7 Å². The summed E-state index contributed by atoms with van der Waals surface area (Å²) >= 11 is 0. The summed E-state index contributed by atoms with van der Waals surface area (Å²) in [6.07, 6.45) is 0.675. The molecule has 1 aromatic heterocycles. The van der Waals surface area contributed by atoms with Crippen molar-refractivity contribution in [1.29, 1.82) is 0 Å². The molecule has 1 aromatic carbocycles.